The van der Waals surface area contributed by atoms with E-state index in [-0.39, 0.29) is 10.8 Å². The van der Waals surface area contributed by atoms with Crippen LogP contribution in [0.2, 0.25) is 0 Å². The van der Waals surface area contributed by atoms with Crippen molar-refractivity contribution in [3.05, 3.63) is 234 Å². The van der Waals surface area contributed by atoms with Gasteiger partial charge in [0.15, 0.2) is 0 Å². The molecule has 3 aliphatic rings. The lowest BCUT2D eigenvalue weighted by atomic mass is 9.70. The molecule has 0 amide bonds. The van der Waals surface area contributed by atoms with Gasteiger partial charge in [-0.3, -0.25) is 0 Å². The molecule has 0 N–H and O–H groups in total. The second-order valence-corrected chi connectivity index (χ2v) is 18.2. The largest absolute Gasteiger partial charge is 0.310 e. The highest BCUT2D eigenvalue weighted by Crippen LogP contribution is 2.63. The SMILES string of the molecule is CC1(C)c2ccccc2-c2ccc(N(c3ccc4c(c3)-c3ccccc3C43c4ccccc4-c4ccccc43)c3ccccc3-c3cccc4c3sc3ccccc34)cc21. The summed E-state index contributed by atoms with van der Waals surface area (Å²) in [5, 5.41) is 2.62. The summed E-state index contributed by atoms with van der Waals surface area (Å²) >= 11 is 1.89. The summed E-state index contributed by atoms with van der Waals surface area (Å²) in [6.07, 6.45) is 0. The van der Waals surface area contributed by atoms with E-state index in [2.05, 4.69) is 219 Å². The number of nitrogens with zero attached hydrogens (tertiary/aromatic N) is 1. The van der Waals surface area contributed by atoms with Gasteiger partial charge in [-0.15, -0.1) is 11.3 Å². The highest BCUT2D eigenvalue weighted by atomic mass is 32.1. The molecule has 0 saturated heterocycles. The van der Waals surface area contributed by atoms with Crippen molar-refractivity contribution in [2.45, 2.75) is 24.7 Å². The Morgan fingerprint density at radius 3 is 1.55 bits per heavy atom. The normalized spacial score (nSPS) is 14.4. The van der Waals surface area contributed by atoms with Crippen LogP contribution in [0.5, 0.6) is 0 Å². The second kappa shape index (κ2) is 12.3. The van der Waals surface area contributed by atoms with Crippen LogP contribution in [-0.4, -0.2) is 0 Å². The van der Waals surface area contributed by atoms with Crippen molar-refractivity contribution in [1.82, 2.24) is 0 Å². The monoisotopic (exact) mass is 781 g/mol. The molecule has 9 aromatic carbocycles. The molecule has 1 spiro atoms. The molecule has 0 fully saturated rings. The number of anilines is 3. The molecule has 0 aliphatic heterocycles. The van der Waals surface area contributed by atoms with Crippen LogP contribution in [0.1, 0.15) is 47.2 Å². The van der Waals surface area contributed by atoms with E-state index in [4.69, 9.17) is 0 Å². The van der Waals surface area contributed by atoms with Crippen molar-refractivity contribution in [3.63, 3.8) is 0 Å². The fourth-order valence-electron chi connectivity index (χ4n) is 11.3. The number of rotatable bonds is 4. The van der Waals surface area contributed by atoms with Crippen LogP contribution in [0.4, 0.5) is 17.1 Å². The third-order valence-corrected chi connectivity index (χ3v) is 15.1. The van der Waals surface area contributed by atoms with Gasteiger partial charge in [0.05, 0.1) is 11.1 Å². The molecule has 0 radical (unpaired) electrons. The smallest absolute Gasteiger partial charge is 0.0725 e. The van der Waals surface area contributed by atoms with Crippen LogP contribution < -0.4 is 4.90 Å². The van der Waals surface area contributed by atoms with E-state index in [0.717, 1.165) is 17.1 Å². The molecule has 0 atom stereocenters. The summed E-state index contributed by atoms with van der Waals surface area (Å²) in [5.74, 6) is 0. The molecule has 1 heterocycles. The fourth-order valence-corrected chi connectivity index (χ4v) is 12.6. The first-order valence-corrected chi connectivity index (χ1v) is 21.8. The zero-order valence-electron chi connectivity index (χ0n) is 33.4. The van der Waals surface area contributed by atoms with Gasteiger partial charge in [-0.05, 0) is 103 Å². The molecule has 0 unspecified atom stereocenters. The number of benzene rings is 9. The van der Waals surface area contributed by atoms with Gasteiger partial charge < -0.3 is 4.90 Å². The van der Waals surface area contributed by atoms with Gasteiger partial charge in [-0.25, -0.2) is 0 Å². The summed E-state index contributed by atoms with van der Waals surface area (Å²) in [5.41, 5.74) is 21.5. The number of thiophene rings is 1. The molecule has 0 saturated carbocycles. The highest BCUT2D eigenvalue weighted by Gasteiger charge is 2.51. The predicted octanol–water partition coefficient (Wildman–Crippen LogP) is 15.8. The number of hydrogen-bond acceptors (Lipinski definition) is 2. The average molecular weight is 782 g/mol. The second-order valence-electron chi connectivity index (χ2n) is 17.2. The van der Waals surface area contributed by atoms with E-state index in [0.29, 0.717) is 0 Å². The van der Waals surface area contributed by atoms with Crippen molar-refractivity contribution in [2.24, 2.45) is 0 Å². The standard InChI is InChI=1S/C58H39NS/c1-57(2)48-24-9-3-16-38(48)42-32-30-37(35-53(42)57)59(54-28-13-7-20-43(54)45-22-15-23-46-44-21-8-14-29-55(44)60-56(45)46)36-31-33-52-47(34-36)41-19-6-12-27-51(41)58(52)49-25-10-4-17-39(49)40-18-5-11-26-50(40)58/h3-35H,1-2H3. The lowest BCUT2D eigenvalue weighted by Gasteiger charge is -2.32. The molecular weight excluding hydrogens is 743 g/mol. The fraction of sp³-hybridized carbons (Fsp3) is 0.0690. The van der Waals surface area contributed by atoms with Gasteiger partial charge in [0.1, 0.15) is 0 Å². The van der Waals surface area contributed by atoms with Crippen molar-refractivity contribution >= 4 is 48.6 Å². The van der Waals surface area contributed by atoms with Gasteiger partial charge in [0, 0.05) is 48.1 Å². The van der Waals surface area contributed by atoms with Gasteiger partial charge >= 0.3 is 0 Å². The lowest BCUT2D eigenvalue weighted by Crippen LogP contribution is -2.25. The minimum Gasteiger partial charge on any atom is -0.310 e. The third-order valence-electron chi connectivity index (χ3n) is 13.9. The molecule has 0 bridgehead atoms. The Labute approximate surface area is 354 Å². The molecule has 282 valence electrons. The topological polar surface area (TPSA) is 3.24 Å². The summed E-state index contributed by atoms with van der Waals surface area (Å²) in [7, 11) is 0. The predicted molar refractivity (Wildman–Crippen MR) is 253 cm³/mol. The quantitative estimate of drug-likeness (QED) is 0.172. The Bertz CT molecular complexity index is 3390. The summed E-state index contributed by atoms with van der Waals surface area (Å²) in [6.45, 7) is 4.76. The van der Waals surface area contributed by atoms with E-state index in [1.165, 1.54) is 98.1 Å². The summed E-state index contributed by atoms with van der Waals surface area (Å²) in [4.78, 5) is 2.53. The van der Waals surface area contributed by atoms with E-state index in [1.807, 2.05) is 11.3 Å². The van der Waals surface area contributed by atoms with Crippen molar-refractivity contribution in [3.8, 4) is 44.5 Å². The van der Waals surface area contributed by atoms with Crippen LogP contribution in [-0.2, 0) is 10.8 Å². The zero-order chi connectivity index (χ0) is 39.7. The first kappa shape index (κ1) is 33.9. The third kappa shape index (κ3) is 4.36. The van der Waals surface area contributed by atoms with Crippen LogP contribution >= 0.6 is 11.3 Å². The molecule has 2 heteroatoms. The maximum absolute atomic E-state index is 2.53. The molecule has 60 heavy (non-hydrogen) atoms. The van der Waals surface area contributed by atoms with Crippen molar-refractivity contribution < 1.29 is 0 Å². The highest BCUT2D eigenvalue weighted by molar-refractivity contribution is 7.26. The summed E-state index contributed by atoms with van der Waals surface area (Å²) in [6, 6.07) is 75.4. The Kier molecular flexibility index (Phi) is 6.94. The van der Waals surface area contributed by atoms with Crippen molar-refractivity contribution in [2.75, 3.05) is 4.90 Å². The van der Waals surface area contributed by atoms with Crippen LogP contribution in [0.25, 0.3) is 64.7 Å². The molecular formula is C58H39NS. The van der Waals surface area contributed by atoms with E-state index < -0.39 is 0 Å². The van der Waals surface area contributed by atoms with Gasteiger partial charge in [0.2, 0.25) is 0 Å². The zero-order valence-corrected chi connectivity index (χ0v) is 34.2. The van der Waals surface area contributed by atoms with Crippen LogP contribution in [0.15, 0.2) is 200 Å². The molecule has 13 rings (SSSR count). The Morgan fingerprint density at radius 2 is 0.833 bits per heavy atom. The molecule has 3 aliphatic carbocycles. The number of fused-ring (bicyclic) bond motifs is 16. The number of para-hydroxylation sites is 1. The van der Waals surface area contributed by atoms with Crippen LogP contribution in [0, 0.1) is 0 Å². The van der Waals surface area contributed by atoms with E-state index in [1.54, 1.807) is 0 Å². The van der Waals surface area contributed by atoms with E-state index in [9.17, 15) is 0 Å². The van der Waals surface area contributed by atoms with Gasteiger partial charge in [-0.1, -0.05) is 178 Å². The van der Waals surface area contributed by atoms with Crippen molar-refractivity contribution in [1.29, 1.82) is 0 Å². The molecule has 10 aromatic rings. The minimum atomic E-state index is -0.388. The molecule has 1 aromatic heterocycles. The number of hydrogen-bond donors (Lipinski definition) is 0. The van der Waals surface area contributed by atoms with Gasteiger partial charge in [-0.2, -0.15) is 0 Å². The Balaban J connectivity index is 1.08. The molecule has 1 nitrogen and oxygen atoms in total. The lowest BCUT2D eigenvalue weighted by molar-refractivity contribution is 0.660. The maximum atomic E-state index is 2.53. The maximum Gasteiger partial charge on any atom is 0.0725 e. The van der Waals surface area contributed by atoms with Crippen LogP contribution in [0.3, 0.4) is 0 Å². The Hall–Kier alpha value is -7.00. The van der Waals surface area contributed by atoms with Gasteiger partial charge in [0.25, 0.3) is 0 Å². The average Bonchev–Trinajstić information content (AvgIpc) is 3.99. The first-order valence-electron chi connectivity index (χ1n) is 21.0. The van der Waals surface area contributed by atoms with E-state index >= 15 is 0 Å². The summed E-state index contributed by atoms with van der Waals surface area (Å²) < 4.78 is 2.64. The minimum absolute atomic E-state index is 0.137. The Morgan fingerprint density at radius 1 is 0.350 bits per heavy atom. The first-order chi connectivity index (χ1) is 29.5.